The van der Waals surface area contributed by atoms with Gasteiger partial charge in [0.25, 0.3) is 0 Å². The Labute approximate surface area is 171 Å². The fourth-order valence-electron chi connectivity index (χ4n) is 2.62. The molecule has 134 valence electrons. The molecule has 0 bridgehead atoms. The molecule has 0 spiro atoms. The average molecular weight is 495 g/mol. The first-order chi connectivity index (χ1) is 11.2. The summed E-state index contributed by atoms with van der Waals surface area (Å²) in [6.45, 7) is 11.5. The van der Waals surface area contributed by atoms with Crippen molar-refractivity contribution in [2.24, 2.45) is 5.92 Å². The van der Waals surface area contributed by atoms with Crippen LogP contribution in [-0.4, -0.2) is 19.7 Å². The number of fused-ring (bicyclic) bond motifs is 1. The maximum absolute atomic E-state index is 6.64. The van der Waals surface area contributed by atoms with Crippen molar-refractivity contribution >= 4 is 54.3 Å². The summed E-state index contributed by atoms with van der Waals surface area (Å²) in [6, 6.07) is 0. The van der Waals surface area contributed by atoms with Gasteiger partial charge in [-0.3, -0.25) is 0 Å². The van der Waals surface area contributed by atoms with Gasteiger partial charge in [-0.25, -0.2) is 0 Å². The zero-order chi connectivity index (χ0) is 18.0. The SMILES string of the molecule is CC(C)(C)[Si](C)(C)OC(/C=C/I)CCC1=C(Cl)C2C=CC=CC2S1. The van der Waals surface area contributed by atoms with Gasteiger partial charge in [-0.05, 0) is 35.1 Å². The molecule has 1 aliphatic carbocycles. The van der Waals surface area contributed by atoms with Crippen molar-refractivity contribution in [3.05, 3.63) is 44.4 Å². The summed E-state index contributed by atoms with van der Waals surface area (Å²) >= 11 is 10.9. The van der Waals surface area contributed by atoms with Crippen molar-refractivity contribution < 1.29 is 4.43 Å². The first-order valence-electron chi connectivity index (χ1n) is 8.50. The van der Waals surface area contributed by atoms with Gasteiger partial charge >= 0.3 is 0 Å². The van der Waals surface area contributed by atoms with Crippen molar-refractivity contribution in [3.8, 4) is 0 Å². The molecule has 0 radical (unpaired) electrons. The predicted octanol–water partition coefficient (Wildman–Crippen LogP) is 7.41. The maximum atomic E-state index is 6.64. The van der Waals surface area contributed by atoms with Crippen LogP contribution < -0.4 is 0 Å². The van der Waals surface area contributed by atoms with Gasteiger partial charge in [0.2, 0.25) is 0 Å². The highest BCUT2D eigenvalue weighted by Gasteiger charge is 2.39. The third-order valence-corrected chi connectivity index (χ3v) is 12.1. The lowest BCUT2D eigenvalue weighted by atomic mass is 9.99. The lowest BCUT2D eigenvalue weighted by Crippen LogP contribution is -2.43. The molecule has 0 saturated carbocycles. The third kappa shape index (κ3) is 5.03. The summed E-state index contributed by atoms with van der Waals surface area (Å²) in [6.07, 6.45) is 13.1. The Morgan fingerprint density at radius 1 is 1.33 bits per heavy atom. The molecule has 3 atom stereocenters. The molecular formula is C19H28ClIOSSi. The summed E-state index contributed by atoms with van der Waals surface area (Å²) in [5, 5.41) is 1.75. The van der Waals surface area contributed by atoms with Gasteiger partial charge < -0.3 is 4.43 Å². The Bertz CT molecular complexity index is 574. The largest absolute Gasteiger partial charge is 0.411 e. The van der Waals surface area contributed by atoms with Crippen molar-refractivity contribution in [1.29, 1.82) is 0 Å². The first-order valence-corrected chi connectivity index (χ1v) is 13.9. The Kier molecular flexibility index (Phi) is 7.34. The molecule has 0 aromatic carbocycles. The van der Waals surface area contributed by atoms with Gasteiger partial charge in [0.05, 0.1) is 6.10 Å². The lowest BCUT2D eigenvalue weighted by molar-refractivity contribution is 0.216. The fraction of sp³-hybridized carbons (Fsp3) is 0.579. The smallest absolute Gasteiger partial charge is 0.192 e. The second-order valence-corrected chi connectivity index (χ2v) is 15.1. The van der Waals surface area contributed by atoms with Crippen molar-refractivity contribution in [1.82, 2.24) is 0 Å². The summed E-state index contributed by atoms with van der Waals surface area (Å²) < 4.78 is 8.68. The minimum atomic E-state index is -1.76. The molecular weight excluding hydrogens is 467 g/mol. The molecule has 24 heavy (non-hydrogen) atoms. The number of thioether (sulfide) groups is 1. The van der Waals surface area contributed by atoms with E-state index in [1.165, 1.54) is 4.91 Å². The van der Waals surface area contributed by atoms with Gasteiger partial charge in [0.1, 0.15) is 0 Å². The van der Waals surface area contributed by atoms with Gasteiger partial charge in [-0.15, -0.1) is 11.8 Å². The summed E-state index contributed by atoms with van der Waals surface area (Å²) in [5.41, 5.74) is 0. The quantitative estimate of drug-likeness (QED) is 0.281. The van der Waals surface area contributed by atoms with Crippen LogP contribution in [0.5, 0.6) is 0 Å². The Morgan fingerprint density at radius 3 is 2.58 bits per heavy atom. The third-order valence-electron chi connectivity index (χ3n) is 5.12. The number of halogens is 2. The minimum Gasteiger partial charge on any atom is -0.411 e. The number of hydrogen-bond acceptors (Lipinski definition) is 2. The van der Waals surface area contributed by atoms with E-state index in [0.717, 1.165) is 17.9 Å². The van der Waals surface area contributed by atoms with Crippen LogP contribution >= 0.6 is 46.0 Å². The first kappa shape index (κ1) is 20.8. The Hall–Kier alpha value is 0.507. The van der Waals surface area contributed by atoms with Gasteiger partial charge in [0, 0.05) is 21.1 Å². The van der Waals surface area contributed by atoms with E-state index in [2.05, 4.69) is 90.9 Å². The zero-order valence-corrected chi connectivity index (χ0v) is 19.9. The molecule has 0 saturated heterocycles. The second-order valence-electron chi connectivity index (χ2n) is 7.92. The second kappa shape index (κ2) is 8.46. The standard InChI is InChI=1S/C19H28ClIOSSi/c1-19(2,3)24(4,5)22-14(12-13-21)10-11-17-18(20)15-8-6-7-9-16(15)23-17/h6-9,12-16H,10-11H2,1-5H3/b13-12+. The molecule has 2 rings (SSSR count). The highest BCUT2D eigenvalue weighted by Crippen LogP contribution is 2.48. The molecule has 0 amide bonds. The molecule has 0 aromatic rings. The predicted molar refractivity (Wildman–Crippen MR) is 120 cm³/mol. The maximum Gasteiger partial charge on any atom is 0.192 e. The molecule has 0 aromatic heterocycles. The van der Waals surface area contributed by atoms with E-state index in [4.69, 9.17) is 16.0 Å². The van der Waals surface area contributed by atoms with Crippen LogP contribution in [0.2, 0.25) is 18.1 Å². The zero-order valence-electron chi connectivity index (χ0n) is 15.2. The molecule has 0 fully saturated rings. The summed E-state index contributed by atoms with van der Waals surface area (Å²) in [4.78, 5) is 1.34. The van der Waals surface area contributed by atoms with Gasteiger partial charge in [0.15, 0.2) is 8.32 Å². The van der Waals surface area contributed by atoms with E-state index in [1.807, 2.05) is 11.8 Å². The van der Waals surface area contributed by atoms with Crippen LogP contribution in [0.3, 0.4) is 0 Å². The molecule has 0 N–H and O–H groups in total. The normalized spacial score (nSPS) is 25.6. The van der Waals surface area contributed by atoms with Crippen LogP contribution in [0.15, 0.2) is 44.4 Å². The Balaban J connectivity index is 2.01. The molecule has 1 nitrogen and oxygen atoms in total. The van der Waals surface area contributed by atoms with Crippen molar-refractivity contribution in [3.63, 3.8) is 0 Å². The highest BCUT2D eigenvalue weighted by molar-refractivity contribution is 14.1. The van der Waals surface area contributed by atoms with E-state index in [9.17, 15) is 0 Å². The van der Waals surface area contributed by atoms with E-state index in [0.29, 0.717) is 11.2 Å². The fourth-order valence-corrected chi connectivity index (χ4v) is 6.25. The van der Waals surface area contributed by atoms with E-state index in [1.54, 1.807) is 0 Å². The van der Waals surface area contributed by atoms with Crippen molar-refractivity contribution in [2.75, 3.05) is 0 Å². The number of hydrogen-bond donors (Lipinski definition) is 0. The average Bonchev–Trinajstić information content (AvgIpc) is 2.80. The molecule has 3 unspecified atom stereocenters. The summed E-state index contributed by atoms with van der Waals surface area (Å²) in [5.74, 6) is 0.372. The van der Waals surface area contributed by atoms with Crippen LogP contribution in [0.1, 0.15) is 33.6 Å². The van der Waals surface area contributed by atoms with E-state index < -0.39 is 8.32 Å². The number of allylic oxidation sites excluding steroid dienone is 5. The van der Waals surface area contributed by atoms with E-state index >= 15 is 0 Å². The monoisotopic (exact) mass is 494 g/mol. The Morgan fingerprint density at radius 2 is 2.00 bits per heavy atom. The summed E-state index contributed by atoms with van der Waals surface area (Å²) in [7, 11) is -1.76. The molecule has 1 heterocycles. The molecule has 5 heteroatoms. The van der Waals surface area contributed by atoms with Crippen LogP contribution in [0.25, 0.3) is 0 Å². The van der Waals surface area contributed by atoms with Crippen LogP contribution in [0.4, 0.5) is 0 Å². The minimum absolute atomic E-state index is 0.175. The van der Waals surface area contributed by atoms with Gasteiger partial charge in [-0.1, -0.05) is 85.3 Å². The number of rotatable bonds is 6. The molecule has 1 aliphatic heterocycles. The lowest BCUT2D eigenvalue weighted by Gasteiger charge is -2.38. The molecule has 2 aliphatic rings. The van der Waals surface area contributed by atoms with E-state index in [-0.39, 0.29) is 11.1 Å². The van der Waals surface area contributed by atoms with Crippen molar-refractivity contribution in [2.45, 2.75) is 63.1 Å². The van der Waals surface area contributed by atoms with Crippen LogP contribution in [0, 0.1) is 5.92 Å². The topological polar surface area (TPSA) is 9.23 Å². The van der Waals surface area contributed by atoms with Gasteiger partial charge in [-0.2, -0.15) is 0 Å². The highest BCUT2D eigenvalue weighted by atomic mass is 127. The van der Waals surface area contributed by atoms with Crippen LogP contribution in [-0.2, 0) is 4.43 Å².